The Labute approximate surface area is 109 Å². The second-order valence-electron chi connectivity index (χ2n) is 6.61. The van der Waals surface area contributed by atoms with Gasteiger partial charge in [-0.15, -0.1) is 0 Å². The molecule has 0 saturated heterocycles. The van der Waals surface area contributed by atoms with Gasteiger partial charge in [0.2, 0.25) is 0 Å². The maximum Gasteiger partial charge on any atom is 0.132 e. The molecule has 0 spiro atoms. The van der Waals surface area contributed by atoms with Crippen molar-refractivity contribution in [2.75, 3.05) is 0 Å². The molecule has 0 amide bonds. The van der Waals surface area contributed by atoms with Crippen LogP contribution in [0, 0.1) is 10.8 Å². The first-order chi connectivity index (χ1) is 8.23. The second kappa shape index (κ2) is 4.04. The molecule has 0 aliphatic carbocycles. The van der Waals surface area contributed by atoms with E-state index in [1.165, 1.54) is 5.57 Å². The molecule has 0 fully saturated rings. The van der Waals surface area contributed by atoms with Crippen LogP contribution in [-0.4, -0.2) is 5.11 Å². The van der Waals surface area contributed by atoms with Gasteiger partial charge in [0.1, 0.15) is 11.9 Å². The fourth-order valence-electron chi connectivity index (χ4n) is 2.93. The lowest BCUT2D eigenvalue weighted by molar-refractivity contribution is 0.0886. The van der Waals surface area contributed by atoms with Crippen LogP contribution in [0.4, 0.5) is 0 Å². The monoisotopic (exact) mass is 246 g/mol. The van der Waals surface area contributed by atoms with Crippen LogP contribution in [-0.2, 0) is 4.74 Å². The molecule has 2 heteroatoms. The number of aromatic hydroxyl groups is 1. The van der Waals surface area contributed by atoms with Crippen molar-refractivity contribution < 1.29 is 9.84 Å². The van der Waals surface area contributed by atoms with E-state index < -0.39 is 0 Å². The van der Waals surface area contributed by atoms with Crippen molar-refractivity contribution in [1.29, 1.82) is 0 Å². The molecule has 1 aliphatic heterocycles. The highest BCUT2D eigenvalue weighted by molar-refractivity contribution is 5.34. The molecule has 1 aliphatic rings. The fraction of sp³-hybridized carbons (Fsp3) is 0.500. The Balaban J connectivity index is 2.36. The maximum atomic E-state index is 9.60. The Morgan fingerprint density at radius 2 is 1.89 bits per heavy atom. The molecular weight excluding hydrogens is 224 g/mol. The molecule has 1 N–H and O–H groups in total. The number of ether oxygens (including phenoxy) is 1. The van der Waals surface area contributed by atoms with E-state index in [1.54, 1.807) is 12.1 Å². The summed E-state index contributed by atoms with van der Waals surface area (Å²) < 4.78 is 5.88. The first kappa shape index (κ1) is 13.0. The summed E-state index contributed by atoms with van der Waals surface area (Å²) >= 11 is 0. The molecule has 2 nitrogen and oxygen atoms in total. The highest BCUT2D eigenvalue weighted by Gasteiger charge is 2.44. The van der Waals surface area contributed by atoms with Gasteiger partial charge in [-0.05, 0) is 28.7 Å². The molecule has 0 radical (unpaired) electrons. The predicted molar refractivity (Wildman–Crippen MR) is 73.3 cm³/mol. The third kappa shape index (κ3) is 2.12. The van der Waals surface area contributed by atoms with Crippen molar-refractivity contribution in [3.05, 3.63) is 41.7 Å². The summed E-state index contributed by atoms with van der Waals surface area (Å²) in [6.45, 7) is 11.0. The molecule has 18 heavy (non-hydrogen) atoms. The van der Waals surface area contributed by atoms with Gasteiger partial charge in [-0.25, -0.2) is 0 Å². The zero-order valence-corrected chi connectivity index (χ0v) is 11.8. The summed E-state index contributed by atoms with van der Waals surface area (Å²) in [4.78, 5) is 0. The number of hydrogen-bond acceptors (Lipinski definition) is 2. The van der Waals surface area contributed by atoms with Gasteiger partial charge in [0.05, 0.1) is 6.26 Å². The summed E-state index contributed by atoms with van der Waals surface area (Å²) in [6, 6.07) is 7.33. The minimum atomic E-state index is -0.0634. The SMILES string of the molecule is CC(C)(C)C1=COC(c2cccc(O)c2)C1(C)C. The topological polar surface area (TPSA) is 29.5 Å². The largest absolute Gasteiger partial charge is 0.508 e. The first-order valence-corrected chi connectivity index (χ1v) is 6.38. The van der Waals surface area contributed by atoms with Gasteiger partial charge in [-0.1, -0.05) is 46.8 Å². The zero-order chi connectivity index (χ0) is 13.6. The van der Waals surface area contributed by atoms with Crippen molar-refractivity contribution in [1.82, 2.24) is 0 Å². The van der Waals surface area contributed by atoms with Crippen molar-refractivity contribution in [2.24, 2.45) is 10.8 Å². The van der Waals surface area contributed by atoms with E-state index in [-0.39, 0.29) is 22.7 Å². The summed E-state index contributed by atoms with van der Waals surface area (Å²) in [5, 5.41) is 9.60. The van der Waals surface area contributed by atoms with Crippen molar-refractivity contribution in [3.63, 3.8) is 0 Å². The van der Waals surface area contributed by atoms with E-state index in [9.17, 15) is 5.11 Å². The van der Waals surface area contributed by atoms with Gasteiger partial charge < -0.3 is 9.84 Å². The molecule has 1 aromatic rings. The van der Waals surface area contributed by atoms with Crippen LogP contribution in [0.15, 0.2) is 36.1 Å². The normalized spacial score (nSPS) is 22.5. The van der Waals surface area contributed by atoms with Gasteiger partial charge in [0.15, 0.2) is 0 Å². The number of benzene rings is 1. The third-order valence-electron chi connectivity index (χ3n) is 3.65. The van der Waals surface area contributed by atoms with Crippen LogP contribution in [0.5, 0.6) is 5.75 Å². The maximum absolute atomic E-state index is 9.60. The quantitative estimate of drug-likeness (QED) is 0.794. The van der Waals surface area contributed by atoms with Crippen LogP contribution in [0.1, 0.15) is 46.3 Å². The summed E-state index contributed by atoms with van der Waals surface area (Å²) in [7, 11) is 0. The summed E-state index contributed by atoms with van der Waals surface area (Å²) in [5.41, 5.74) is 2.36. The van der Waals surface area contributed by atoms with Gasteiger partial charge >= 0.3 is 0 Å². The van der Waals surface area contributed by atoms with E-state index >= 15 is 0 Å². The molecular formula is C16H22O2. The number of phenols is 1. The average Bonchev–Trinajstić information content (AvgIpc) is 2.53. The molecule has 1 atom stereocenters. The van der Waals surface area contributed by atoms with Crippen LogP contribution in [0.3, 0.4) is 0 Å². The van der Waals surface area contributed by atoms with E-state index in [4.69, 9.17) is 4.74 Å². The van der Waals surface area contributed by atoms with E-state index in [2.05, 4.69) is 34.6 Å². The fourth-order valence-corrected chi connectivity index (χ4v) is 2.93. The highest BCUT2D eigenvalue weighted by atomic mass is 16.5. The Hall–Kier alpha value is -1.44. The van der Waals surface area contributed by atoms with E-state index in [1.807, 2.05) is 18.4 Å². The minimum absolute atomic E-state index is 0.0289. The Morgan fingerprint density at radius 1 is 1.22 bits per heavy atom. The second-order valence-corrected chi connectivity index (χ2v) is 6.61. The predicted octanol–water partition coefficient (Wildman–Crippen LogP) is 4.42. The van der Waals surface area contributed by atoms with E-state index in [0.717, 1.165) is 5.56 Å². The summed E-state index contributed by atoms with van der Waals surface area (Å²) in [5.74, 6) is 0.288. The Kier molecular flexibility index (Phi) is 2.92. The lowest BCUT2D eigenvalue weighted by Crippen LogP contribution is -2.27. The van der Waals surface area contributed by atoms with Gasteiger partial charge in [0, 0.05) is 5.41 Å². The Bertz CT molecular complexity index is 478. The molecule has 0 saturated carbocycles. The van der Waals surface area contributed by atoms with Crippen LogP contribution < -0.4 is 0 Å². The van der Waals surface area contributed by atoms with Crippen molar-refractivity contribution >= 4 is 0 Å². The number of hydrogen-bond donors (Lipinski definition) is 1. The molecule has 0 aromatic heterocycles. The summed E-state index contributed by atoms with van der Waals surface area (Å²) in [6.07, 6.45) is 1.87. The highest BCUT2D eigenvalue weighted by Crippen LogP contribution is 2.53. The van der Waals surface area contributed by atoms with Crippen LogP contribution >= 0.6 is 0 Å². The van der Waals surface area contributed by atoms with Crippen molar-refractivity contribution in [2.45, 2.75) is 40.7 Å². The first-order valence-electron chi connectivity index (χ1n) is 6.38. The molecule has 1 unspecified atom stereocenters. The smallest absolute Gasteiger partial charge is 0.132 e. The lowest BCUT2D eigenvalue weighted by Gasteiger charge is -2.35. The number of phenolic OH excluding ortho intramolecular Hbond substituents is 1. The molecule has 1 aromatic carbocycles. The van der Waals surface area contributed by atoms with Crippen molar-refractivity contribution in [3.8, 4) is 5.75 Å². The van der Waals surface area contributed by atoms with Gasteiger partial charge in [-0.2, -0.15) is 0 Å². The van der Waals surface area contributed by atoms with Gasteiger partial charge in [0.25, 0.3) is 0 Å². The van der Waals surface area contributed by atoms with E-state index in [0.29, 0.717) is 0 Å². The standard InChI is InChI=1S/C16H22O2/c1-15(2,3)13-10-18-14(16(13,4)5)11-7-6-8-12(17)9-11/h6-10,14,17H,1-5H3. The third-order valence-corrected chi connectivity index (χ3v) is 3.65. The van der Waals surface area contributed by atoms with Crippen LogP contribution in [0.2, 0.25) is 0 Å². The molecule has 2 rings (SSSR count). The number of rotatable bonds is 1. The molecule has 1 heterocycles. The zero-order valence-electron chi connectivity index (χ0n) is 11.8. The minimum Gasteiger partial charge on any atom is -0.508 e. The Morgan fingerprint density at radius 3 is 2.39 bits per heavy atom. The lowest BCUT2D eigenvalue weighted by atomic mass is 9.68. The average molecular weight is 246 g/mol. The molecule has 98 valence electrons. The molecule has 0 bridgehead atoms. The van der Waals surface area contributed by atoms with Crippen LogP contribution in [0.25, 0.3) is 0 Å². The van der Waals surface area contributed by atoms with Gasteiger partial charge in [-0.3, -0.25) is 0 Å².